The molecule has 1 atom stereocenters. The molecule has 23 heavy (non-hydrogen) atoms. The summed E-state index contributed by atoms with van der Waals surface area (Å²) in [5.74, 6) is 0.362. The van der Waals surface area contributed by atoms with Crippen LogP contribution in [0.25, 0.3) is 5.69 Å². The lowest BCUT2D eigenvalue weighted by Gasteiger charge is -2.31. The van der Waals surface area contributed by atoms with Gasteiger partial charge >= 0.3 is 0 Å². The van der Waals surface area contributed by atoms with Gasteiger partial charge in [-0.05, 0) is 49.9 Å². The Bertz CT molecular complexity index is 666. The number of hydrogen-bond acceptors (Lipinski definition) is 4. The first-order valence-electron chi connectivity index (χ1n) is 7.83. The molecule has 0 radical (unpaired) electrons. The molecule has 1 heterocycles. The molecule has 0 aliphatic rings. The van der Waals surface area contributed by atoms with Crippen LogP contribution in [0.4, 0.5) is 0 Å². The van der Waals surface area contributed by atoms with E-state index in [1.165, 1.54) is 6.33 Å². The molecule has 0 saturated carbocycles. The molecule has 1 unspecified atom stereocenters. The Hall–Kier alpha value is -2.21. The van der Waals surface area contributed by atoms with Crippen molar-refractivity contribution in [1.29, 1.82) is 0 Å². The predicted octanol–water partition coefficient (Wildman–Crippen LogP) is 2.07. The number of nitrogens with zero attached hydrogens (tertiary/aromatic N) is 3. The third kappa shape index (κ3) is 4.16. The smallest absolute Gasteiger partial charge is 0.252 e. The van der Waals surface area contributed by atoms with E-state index in [-0.39, 0.29) is 5.91 Å². The molecule has 0 spiro atoms. The van der Waals surface area contributed by atoms with E-state index in [1.807, 2.05) is 32.0 Å². The van der Waals surface area contributed by atoms with Crippen LogP contribution in [0.15, 0.2) is 30.9 Å². The van der Waals surface area contributed by atoms with Crippen molar-refractivity contribution >= 4 is 5.91 Å². The Balaban J connectivity index is 2.19. The predicted molar refractivity (Wildman–Crippen MR) is 90.5 cm³/mol. The minimum absolute atomic E-state index is 0.0961. The highest BCUT2D eigenvalue weighted by atomic mass is 16.1. The molecule has 3 N–H and O–H groups in total. The number of carbonyl (C=O) groups excluding carboxylic acids is 1. The molecule has 1 aromatic carbocycles. The van der Waals surface area contributed by atoms with Crippen molar-refractivity contribution < 1.29 is 4.79 Å². The second-order valence-corrected chi connectivity index (χ2v) is 6.66. The third-order valence-corrected chi connectivity index (χ3v) is 3.86. The minimum atomic E-state index is -0.401. The zero-order valence-corrected chi connectivity index (χ0v) is 14.2. The summed E-state index contributed by atoms with van der Waals surface area (Å²) in [5, 5.41) is 7.18. The van der Waals surface area contributed by atoms with Crippen molar-refractivity contribution in [3.63, 3.8) is 0 Å². The zero-order valence-electron chi connectivity index (χ0n) is 14.2. The fraction of sp³-hybridized carbons (Fsp3) is 0.471. The summed E-state index contributed by atoms with van der Waals surface area (Å²) in [5.41, 5.74) is 7.89. The highest BCUT2D eigenvalue weighted by Gasteiger charge is 2.26. The molecular formula is C17H25N5O. The third-order valence-electron chi connectivity index (χ3n) is 3.86. The van der Waals surface area contributed by atoms with E-state index in [0.29, 0.717) is 18.0 Å². The van der Waals surface area contributed by atoms with Gasteiger partial charge in [-0.15, -0.1) is 0 Å². The largest absolute Gasteiger partial charge is 0.346 e. The van der Waals surface area contributed by atoms with Gasteiger partial charge in [0.15, 0.2) is 0 Å². The molecule has 0 bridgehead atoms. The molecule has 6 heteroatoms. The van der Waals surface area contributed by atoms with E-state index in [0.717, 1.165) is 17.7 Å². The van der Waals surface area contributed by atoms with Crippen molar-refractivity contribution in [3.8, 4) is 5.69 Å². The summed E-state index contributed by atoms with van der Waals surface area (Å²) in [6.45, 7) is 8.56. The van der Waals surface area contributed by atoms with Crippen molar-refractivity contribution in [3.05, 3.63) is 42.0 Å². The highest BCUT2D eigenvalue weighted by Crippen LogP contribution is 2.18. The normalized spacial score (nSPS) is 13.8. The van der Waals surface area contributed by atoms with Crippen LogP contribution in [0.2, 0.25) is 0 Å². The lowest BCUT2D eigenvalue weighted by Crippen LogP contribution is -2.52. The fourth-order valence-corrected chi connectivity index (χ4v) is 2.81. The molecule has 124 valence electrons. The molecule has 1 aromatic heterocycles. The van der Waals surface area contributed by atoms with E-state index >= 15 is 0 Å². The van der Waals surface area contributed by atoms with Crippen LogP contribution >= 0.6 is 0 Å². The topological polar surface area (TPSA) is 85.8 Å². The number of benzene rings is 1. The number of amides is 1. The molecule has 1 amide bonds. The van der Waals surface area contributed by atoms with Gasteiger partial charge in [0.25, 0.3) is 5.91 Å². The van der Waals surface area contributed by atoms with Gasteiger partial charge in [-0.25, -0.2) is 9.67 Å². The standard InChI is InChI=1S/C17H25N5O/c1-12(2)8-17(4,9-18)21-16(23)15-6-5-14(7-13(15)3)22-11-19-10-20-22/h5-7,10-12H,8-9,18H2,1-4H3,(H,21,23). The lowest BCUT2D eigenvalue weighted by molar-refractivity contribution is 0.0897. The maximum atomic E-state index is 12.6. The lowest BCUT2D eigenvalue weighted by atomic mass is 9.90. The minimum Gasteiger partial charge on any atom is -0.346 e. The van der Waals surface area contributed by atoms with Gasteiger partial charge in [0.1, 0.15) is 12.7 Å². The molecular weight excluding hydrogens is 290 g/mol. The number of rotatable bonds is 6. The van der Waals surface area contributed by atoms with Crippen LogP contribution in [-0.4, -0.2) is 32.8 Å². The Morgan fingerprint density at radius 2 is 2.17 bits per heavy atom. The van der Waals surface area contributed by atoms with Crippen molar-refractivity contribution in [1.82, 2.24) is 20.1 Å². The van der Waals surface area contributed by atoms with Crippen LogP contribution in [0.5, 0.6) is 0 Å². The van der Waals surface area contributed by atoms with Gasteiger partial charge < -0.3 is 11.1 Å². The van der Waals surface area contributed by atoms with Gasteiger partial charge in [0, 0.05) is 17.6 Å². The Morgan fingerprint density at radius 3 is 2.70 bits per heavy atom. The number of carbonyl (C=O) groups is 1. The van der Waals surface area contributed by atoms with Crippen LogP contribution in [0.1, 0.15) is 43.1 Å². The number of hydrogen-bond donors (Lipinski definition) is 2. The maximum Gasteiger partial charge on any atom is 0.252 e. The highest BCUT2D eigenvalue weighted by molar-refractivity contribution is 5.96. The number of nitrogens with one attached hydrogen (secondary N) is 1. The monoisotopic (exact) mass is 315 g/mol. The zero-order chi connectivity index (χ0) is 17.0. The fourth-order valence-electron chi connectivity index (χ4n) is 2.81. The van der Waals surface area contributed by atoms with Gasteiger partial charge in [-0.2, -0.15) is 5.10 Å². The average Bonchev–Trinajstić information content (AvgIpc) is 3.00. The summed E-state index contributed by atoms with van der Waals surface area (Å²) in [6, 6.07) is 5.60. The Kier molecular flexibility index (Phi) is 5.15. The SMILES string of the molecule is Cc1cc(-n2cncn2)ccc1C(=O)NC(C)(CN)CC(C)C. The van der Waals surface area contributed by atoms with Crippen LogP contribution in [0, 0.1) is 12.8 Å². The summed E-state index contributed by atoms with van der Waals surface area (Å²) in [6.07, 6.45) is 3.95. The summed E-state index contributed by atoms with van der Waals surface area (Å²) < 4.78 is 1.66. The van der Waals surface area contributed by atoms with Crippen molar-refractivity contribution in [2.24, 2.45) is 11.7 Å². The number of nitrogens with two attached hydrogens (primary N) is 1. The van der Waals surface area contributed by atoms with E-state index in [2.05, 4.69) is 29.2 Å². The number of aryl methyl sites for hydroxylation is 1. The summed E-state index contributed by atoms with van der Waals surface area (Å²) >= 11 is 0. The summed E-state index contributed by atoms with van der Waals surface area (Å²) in [7, 11) is 0. The van der Waals surface area contributed by atoms with Gasteiger partial charge in [0.2, 0.25) is 0 Å². The second kappa shape index (κ2) is 6.91. The molecule has 2 aromatic rings. The van der Waals surface area contributed by atoms with Gasteiger partial charge in [-0.1, -0.05) is 13.8 Å². The van der Waals surface area contributed by atoms with E-state index in [1.54, 1.807) is 11.0 Å². The molecule has 0 aliphatic heterocycles. The molecule has 0 aliphatic carbocycles. The van der Waals surface area contributed by atoms with E-state index < -0.39 is 5.54 Å². The molecule has 0 saturated heterocycles. The van der Waals surface area contributed by atoms with E-state index in [9.17, 15) is 4.79 Å². The Labute approximate surface area is 137 Å². The van der Waals surface area contributed by atoms with Crippen molar-refractivity contribution in [2.45, 2.75) is 39.7 Å². The van der Waals surface area contributed by atoms with Crippen LogP contribution in [-0.2, 0) is 0 Å². The quantitative estimate of drug-likeness (QED) is 0.854. The second-order valence-electron chi connectivity index (χ2n) is 6.66. The van der Waals surface area contributed by atoms with Crippen molar-refractivity contribution in [2.75, 3.05) is 6.54 Å². The first-order valence-corrected chi connectivity index (χ1v) is 7.83. The Morgan fingerprint density at radius 1 is 1.43 bits per heavy atom. The molecule has 2 rings (SSSR count). The van der Waals surface area contributed by atoms with E-state index in [4.69, 9.17) is 5.73 Å². The maximum absolute atomic E-state index is 12.6. The van der Waals surface area contributed by atoms with Crippen LogP contribution < -0.4 is 11.1 Å². The summed E-state index contributed by atoms with van der Waals surface area (Å²) in [4.78, 5) is 16.5. The average molecular weight is 315 g/mol. The number of aromatic nitrogens is 3. The van der Waals surface area contributed by atoms with Gasteiger partial charge in [-0.3, -0.25) is 4.79 Å². The first-order chi connectivity index (χ1) is 10.8. The van der Waals surface area contributed by atoms with Gasteiger partial charge in [0.05, 0.1) is 5.69 Å². The molecule has 0 fully saturated rings. The first kappa shape index (κ1) is 17.1. The van der Waals surface area contributed by atoms with Crippen LogP contribution in [0.3, 0.4) is 0 Å². The molecule has 6 nitrogen and oxygen atoms in total.